The number of H-pyrrole nitrogens is 1. The van der Waals surface area contributed by atoms with Crippen LogP contribution in [0.5, 0.6) is 0 Å². The summed E-state index contributed by atoms with van der Waals surface area (Å²) in [5, 5.41) is 15.3. The van der Waals surface area contributed by atoms with Crippen molar-refractivity contribution in [3.05, 3.63) is 70.9 Å². The standard InChI is InChI=1S/C21H20ClN3O4/c22-16-7-3-1-6-15(16)20(28)25-18(21(29)23-10-9-19(26)27)11-13-12-24-17-8-4-2-5-14(13)17/h1-8,12,18,24H,9-11H2,(H,23,29)(H,25,28)(H,26,27)/t18-/m1/s1. The molecule has 0 saturated heterocycles. The maximum Gasteiger partial charge on any atom is 0.305 e. The molecule has 2 aromatic carbocycles. The van der Waals surface area contributed by atoms with Gasteiger partial charge in [-0.05, 0) is 23.8 Å². The van der Waals surface area contributed by atoms with E-state index in [1.165, 1.54) is 0 Å². The lowest BCUT2D eigenvalue weighted by Crippen LogP contribution is -2.48. The number of carboxylic acid groups (broad SMARTS) is 1. The molecule has 8 heteroatoms. The van der Waals surface area contributed by atoms with Crippen LogP contribution in [0, 0.1) is 0 Å². The molecule has 7 nitrogen and oxygen atoms in total. The smallest absolute Gasteiger partial charge is 0.305 e. The summed E-state index contributed by atoms with van der Waals surface area (Å²) >= 11 is 6.09. The molecule has 4 N–H and O–H groups in total. The van der Waals surface area contributed by atoms with Crippen molar-refractivity contribution in [2.45, 2.75) is 18.9 Å². The molecule has 2 amide bonds. The molecule has 0 fully saturated rings. The highest BCUT2D eigenvalue weighted by atomic mass is 35.5. The Kier molecular flexibility index (Phi) is 6.51. The van der Waals surface area contributed by atoms with Gasteiger partial charge in [0.15, 0.2) is 0 Å². The van der Waals surface area contributed by atoms with Crippen LogP contribution in [0.15, 0.2) is 54.7 Å². The number of para-hydroxylation sites is 1. The minimum atomic E-state index is -1.02. The number of aromatic nitrogens is 1. The average Bonchev–Trinajstić information content (AvgIpc) is 3.10. The minimum Gasteiger partial charge on any atom is -0.481 e. The van der Waals surface area contributed by atoms with Crippen LogP contribution in [-0.4, -0.2) is 40.5 Å². The Hall–Kier alpha value is -3.32. The highest BCUT2D eigenvalue weighted by molar-refractivity contribution is 6.33. The maximum absolute atomic E-state index is 12.7. The molecule has 1 aromatic heterocycles. The van der Waals surface area contributed by atoms with Crippen LogP contribution >= 0.6 is 11.6 Å². The van der Waals surface area contributed by atoms with Gasteiger partial charge in [0.25, 0.3) is 5.91 Å². The monoisotopic (exact) mass is 413 g/mol. The van der Waals surface area contributed by atoms with Gasteiger partial charge in [0.05, 0.1) is 17.0 Å². The average molecular weight is 414 g/mol. The summed E-state index contributed by atoms with van der Waals surface area (Å²) in [7, 11) is 0. The van der Waals surface area contributed by atoms with Gasteiger partial charge in [0, 0.05) is 30.1 Å². The number of carbonyl (C=O) groups excluding carboxylic acids is 2. The number of halogens is 1. The number of nitrogens with one attached hydrogen (secondary N) is 3. The van der Waals surface area contributed by atoms with Crippen LogP contribution in [0.4, 0.5) is 0 Å². The number of hydrogen-bond acceptors (Lipinski definition) is 3. The minimum absolute atomic E-state index is 0.0273. The van der Waals surface area contributed by atoms with E-state index in [1.54, 1.807) is 30.5 Å². The summed E-state index contributed by atoms with van der Waals surface area (Å²) in [6.45, 7) is -0.0273. The molecule has 0 radical (unpaired) electrons. The molecule has 150 valence electrons. The number of rotatable bonds is 8. The van der Waals surface area contributed by atoms with E-state index in [2.05, 4.69) is 15.6 Å². The Balaban J connectivity index is 1.81. The Bertz CT molecular complexity index is 1050. The van der Waals surface area contributed by atoms with Crippen LogP contribution in [0.25, 0.3) is 10.9 Å². The van der Waals surface area contributed by atoms with E-state index in [4.69, 9.17) is 16.7 Å². The first-order chi connectivity index (χ1) is 14.0. The lowest BCUT2D eigenvalue weighted by molar-refractivity contribution is -0.137. The zero-order chi connectivity index (χ0) is 20.8. The van der Waals surface area contributed by atoms with Crippen molar-refractivity contribution in [1.29, 1.82) is 0 Å². The summed E-state index contributed by atoms with van der Waals surface area (Å²) in [6.07, 6.45) is 1.83. The largest absolute Gasteiger partial charge is 0.481 e. The Morgan fingerprint density at radius 3 is 2.55 bits per heavy atom. The SMILES string of the molecule is O=C(O)CCNC(=O)[C@@H](Cc1c[nH]c2ccccc12)NC(=O)c1ccccc1Cl. The molecule has 0 aliphatic carbocycles. The quantitative estimate of drug-likeness (QED) is 0.455. The number of carbonyl (C=O) groups is 3. The first-order valence-corrected chi connectivity index (χ1v) is 9.43. The first-order valence-electron chi connectivity index (χ1n) is 9.05. The van der Waals surface area contributed by atoms with E-state index in [-0.39, 0.29) is 30.0 Å². The number of hydrogen-bond donors (Lipinski definition) is 4. The van der Waals surface area contributed by atoms with Gasteiger partial charge in [-0.15, -0.1) is 0 Å². The Morgan fingerprint density at radius 1 is 1.07 bits per heavy atom. The third-order valence-corrected chi connectivity index (χ3v) is 4.81. The molecule has 0 unspecified atom stereocenters. The zero-order valence-electron chi connectivity index (χ0n) is 15.4. The molecule has 3 rings (SSSR count). The van der Waals surface area contributed by atoms with Gasteiger partial charge < -0.3 is 20.7 Å². The van der Waals surface area contributed by atoms with E-state index in [0.717, 1.165) is 16.5 Å². The molecule has 1 atom stereocenters. The molecule has 3 aromatic rings. The molecular weight excluding hydrogens is 394 g/mol. The van der Waals surface area contributed by atoms with Gasteiger partial charge in [-0.2, -0.15) is 0 Å². The first kappa shape index (κ1) is 20.4. The van der Waals surface area contributed by atoms with Crippen molar-refractivity contribution in [2.75, 3.05) is 6.54 Å². The van der Waals surface area contributed by atoms with Gasteiger partial charge in [-0.1, -0.05) is 41.9 Å². The molecule has 0 spiro atoms. The molecule has 0 aliphatic heterocycles. The number of aromatic amines is 1. The summed E-state index contributed by atoms with van der Waals surface area (Å²) in [5.74, 6) is -1.95. The van der Waals surface area contributed by atoms with Gasteiger partial charge in [-0.25, -0.2) is 0 Å². The second kappa shape index (κ2) is 9.25. The third-order valence-electron chi connectivity index (χ3n) is 4.48. The highest BCUT2D eigenvalue weighted by Crippen LogP contribution is 2.20. The van der Waals surface area contributed by atoms with Gasteiger partial charge in [0.2, 0.25) is 5.91 Å². The number of benzene rings is 2. The highest BCUT2D eigenvalue weighted by Gasteiger charge is 2.24. The van der Waals surface area contributed by atoms with Crippen molar-refractivity contribution in [1.82, 2.24) is 15.6 Å². The van der Waals surface area contributed by atoms with Crippen molar-refractivity contribution >= 4 is 40.3 Å². The van der Waals surface area contributed by atoms with Crippen LogP contribution in [0.2, 0.25) is 5.02 Å². The number of amides is 2. The van der Waals surface area contributed by atoms with E-state index in [9.17, 15) is 14.4 Å². The fourth-order valence-corrected chi connectivity index (χ4v) is 3.25. The predicted octanol–water partition coefficient (Wildman–Crippen LogP) is 2.75. The normalized spacial score (nSPS) is 11.8. The zero-order valence-corrected chi connectivity index (χ0v) is 16.2. The molecular formula is C21H20ClN3O4. The summed E-state index contributed by atoms with van der Waals surface area (Å²) in [5.41, 5.74) is 2.04. The fourth-order valence-electron chi connectivity index (χ4n) is 3.03. The van der Waals surface area contributed by atoms with Gasteiger partial charge in [0.1, 0.15) is 6.04 Å². The van der Waals surface area contributed by atoms with E-state index < -0.39 is 23.8 Å². The molecule has 0 bridgehead atoms. The molecule has 29 heavy (non-hydrogen) atoms. The van der Waals surface area contributed by atoms with Crippen LogP contribution in [0.3, 0.4) is 0 Å². The second-order valence-electron chi connectivity index (χ2n) is 6.50. The topological polar surface area (TPSA) is 111 Å². The number of fused-ring (bicyclic) bond motifs is 1. The van der Waals surface area contributed by atoms with E-state index in [1.807, 2.05) is 24.3 Å². The lowest BCUT2D eigenvalue weighted by atomic mass is 10.0. The summed E-state index contributed by atoms with van der Waals surface area (Å²) < 4.78 is 0. The van der Waals surface area contributed by atoms with E-state index >= 15 is 0 Å². The third kappa shape index (κ3) is 5.14. The summed E-state index contributed by atoms with van der Waals surface area (Å²) in [6, 6.07) is 13.3. The van der Waals surface area contributed by atoms with Gasteiger partial charge in [-0.3, -0.25) is 14.4 Å². The van der Waals surface area contributed by atoms with Crippen molar-refractivity contribution < 1.29 is 19.5 Å². The number of carboxylic acids is 1. The van der Waals surface area contributed by atoms with Crippen molar-refractivity contribution in [3.63, 3.8) is 0 Å². The summed E-state index contributed by atoms with van der Waals surface area (Å²) in [4.78, 5) is 39.2. The van der Waals surface area contributed by atoms with Crippen LogP contribution < -0.4 is 10.6 Å². The Labute approximate surface area is 172 Å². The predicted molar refractivity (Wildman–Crippen MR) is 110 cm³/mol. The lowest BCUT2D eigenvalue weighted by Gasteiger charge is -2.18. The number of aliphatic carboxylic acids is 1. The molecule has 0 saturated carbocycles. The van der Waals surface area contributed by atoms with Crippen LogP contribution in [-0.2, 0) is 16.0 Å². The van der Waals surface area contributed by atoms with Crippen molar-refractivity contribution in [3.8, 4) is 0 Å². The van der Waals surface area contributed by atoms with Crippen LogP contribution in [0.1, 0.15) is 22.3 Å². The van der Waals surface area contributed by atoms with Gasteiger partial charge >= 0.3 is 5.97 Å². The van der Waals surface area contributed by atoms with Crippen molar-refractivity contribution in [2.24, 2.45) is 0 Å². The maximum atomic E-state index is 12.7. The second-order valence-corrected chi connectivity index (χ2v) is 6.91. The molecule has 0 aliphatic rings. The van der Waals surface area contributed by atoms with E-state index in [0.29, 0.717) is 0 Å². The fraction of sp³-hybridized carbons (Fsp3) is 0.190. The Morgan fingerprint density at radius 2 is 1.79 bits per heavy atom. The molecule has 1 heterocycles.